The Hall–Kier alpha value is -1.95. The zero-order chi connectivity index (χ0) is 16.1. The smallest absolute Gasteiger partial charge is 0.227 e. The minimum Gasteiger partial charge on any atom is -0.493 e. The molecule has 0 bridgehead atoms. The van der Waals surface area contributed by atoms with E-state index in [0.717, 1.165) is 25.2 Å². The predicted molar refractivity (Wildman–Crippen MR) is 83.8 cm³/mol. The first-order chi connectivity index (χ1) is 10.6. The van der Waals surface area contributed by atoms with Gasteiger partial charge in [-0.15, -0.1) is 0 Å². The van der Waals surface area contributed by atoms with Gasteiger partial charge in [-0.1, -0.05) is 0 Å². The molecule has 0 aromatic heterocycles. The van der Waals surface area contributed by atoms with E-state index in [1.165, 1.54) is 0 Å². The van der Waals surface area contributed by atoms with Crippen molar-refractivity contribution < 1.29 is 19.0 Å². The molecule has 1 aliphatic heterocycles. The van der Waals surface area contributed by atoms with E-state index in [1.54, 1.807) is 21.3 Å². The van der Waals surface area contributed by atoms with E-state index in [2.05, 4.69) is 12.2 Å². The summed E-state index contributed by atoms with van der Waals surface area (Å²) in [7, 11) is 4.70. The highest BCUT2D eigenvalue weighted by molar-refractivity contribution is 5.79. The molecule has 1 amide bonds. The fourth-order valence-corrected chi connectivity index (χ4v) is 2.68. The second-order valence-electron chi connectivity index (χ2n) is 5.41. The minimum absolute atomic E-state index is 0.114. The van der Waals surface area contributed by atoms with Gasteiger partial charge in [0.25, 0.3) is 0 Å². The van der Waals surface area contributed by atoms with Gasteiger partial charge >= 0.3 is 0 Å². The molecule has 0 radical (unpaired) electrons. The van der Waals surface area contributed by atoms with E-state index < -0.39 is 0 Å². The number of carbonyl (C=O) groups is 1. The summed E-state index contributed by atoms with van der Waals surface area (Å²) in [4.78, 5) is 14.3. The molecule has 0 saturated carbocycles. The molecule has 1 saturated heterocycles. The van der Waals surface area contributed by atoms with Crippen molar-refractivity contribution in [2.45, 2.75) is 19.4 Å². The molecule has 0 aliphatic carbocycles. The number of nitrogens with one attached hydrogen (secondary N) is 1. The normalized spacial score (nSPS) is 18.0. The third-order valence-corrected chi connectivity index (χ3v) is 3.80. The van der Waals surface area contributed by atoms with Gasteiger partial charge in [-0.3, -0.25) is 4.79 Å². The average molecular weight is 308 g/mol. The van der Waals surface area contributed by atoms with Crippen LogP contribution in [0.15, 0.2) is 12.1 Å². The topological polar surface area (TPSA) is 60.0 Å². The summed E-state index contributed by atoms with van der Waals surface area (Å²) in [6.45, 7) is 4.40. The molecule has 22 heavy (non-hydrogen) atoms. The van der Waals surface area contributed by atoms with Crippen LogP contribution in [-0.2, 0) is 11.2 Å². The minimum atomic E-state index is 0.114. The molecule has 1 aromatic rings. The highest BCUT2D eigenvalue weighted by atomic mass is 16.5. The van der Waals surface area contributed by atoms with Crippen LogP contribution in [0, 0.1) is 0 Å². The second-order valence-corrected chi connectivity index (χ2v) is 5.41. The maximum Gasteiger partial charge on any atom is 0.227 e. The Morgan fingerprint density at radius 1 is 1.23 bits per heavy atom. The van der Waals surface area contributed by atoms with Crippen LogP contribution in [0.4, 0.5) is 0 Å². The van der Waals surface area contributed by atoms with Crippen molar-refractivity contribution in [3.05, 3.63) is 17.7 Å². The first kappa shape index (κ1) is 16.4. The SMILES string of the molecule is COc1cc(CC(=O)N2CCNC(C)C2)cc(OC)c1OC. The number of carbonyl (C=O) groups excluding carboxylic acids is 1. The van der Waals surface area contributed by atoms with Crippen LogP contribution in [0.5, 0.6) is 17.2 Å². The summed E-state index contributed by atoms with van der Waals surface area (Å²) < 4.78 is 15.9. The lowest BCUT2D eigenvalue weighted by Gasteiger charge is -2.32. The van der Waals surface area contributed by atoms with Gasteiger partial charge < -0.3 is 24.4 Å². The average Bonchev–Trinajstić information content (AvgIpc) is 2.53. The Morgan fingerprint density at radius 3 is 2.36 bits per heavy atom. The molecule has 1 unspecified atom stereocenters. The van der Waals surface area contributed by atoms with Gasteiger partial charge in [0.15, 0.2) is 11.5 Å². The first-order valence-corrected chi connectivity index (χ1v) is 7.39. The van der Waals surface area contributed by atoms with Crippen LogP contribution in [-0.4, -0.2) is 57.8 Å². The van der Waals surface area contributed by atoms with Gasteiger partial charge in [0.1, 0.15) is 0 Å². The summed E-state index contributed by atoms with van der Waals surface area (Å²) >= 11 is 0. The number of ether oxygens (including phenoxy) is 3. The Kier molecular flexibility index (Phi) is 5.49. The highest BCUT2D eigenvalue weighted by Gasteiger charge is 2.22. The predicted octanol–water partition coefficient (Wildman–Crippen LogP) is 1.08. The molecule has 1 atom stereocenters. The van der Waals surface area contributed by atoms with Crippen molar-refractivity contribution in [3.63, 3.8) is 0 Å². The Morgan fingerprint density at radius 2 is 1.86 bits per heavy atom. The molecule has 1 aromatic carbocycles. The molecular formula is C16H24N2O4. The van der Waals surface area contributed by atoms with Crippen molar-refractivity contribution in [1.82, 2.24) is 10.2 Å². The molecule has 1 N–H and O–H groups in total. The standard InChI is InChI=1S/C16H24N2O4/c1-11-10-18(6-5-17-11)15(19)9-12-7-13(20-2)16(22-4)14(8-12)21-3/h7-8,11,17H,5-6,9-10H2,1-4H3. The lowest BCUT2D eigenvalue weighted by molar-refractivity contribution is -0.131. The van der Waals surface area contributed by atoms with Crippen LogP contribution in [0.3, 0.4) is 0 Å². The third kappa shape index (κ3) is 3.62. The van der Waals surface area contributed by atoms with Crippen LogP contribution < -0.4 is 19.5 Å². The van der Waals surface area contributed by atoms with Crippen LogP contribution in [0.1, 0.15) is 12.5 Å². The van der Waals surface area contributed by atoms with E-state index in [4.69, 9.17) is 14.2 Å². The van der Waals surface area contributed by atoms with Crippen molar-refractivity contribution in [1.29, 1.82) is 0 Å². The maximum absolute atomic E-state index is 12.5. The lowest BCUT2D eigenvalue weighted by atomic mass is 10.1. The number of nitrogens with zero attached hydrogens (tertiary/aromatic N) is 1. The monoisotopic (exact) mass is 308 g/mol. The van der Waals surface area contributed by atoms with E-state index in [0.29, 0.717) is 29.7 Å². The molecular weight excluding hydrogens is 284 g/mol. The molecule has 122 valence electrons. The van der Waals surface area contributed by atoms with Crippen molar-refractivity contribution >= 4 is 5.91 Å². The number of hydrogen-bond donors (Lipinski definition) is 1. The van der Waals surface area contributed by atoms with Gasteiger partial charge in [0, 0.05) is 25.7 Å². The van der Waals surface area contributed by atoms with Gasteiger partial charge in [-0.25, -0.2) is 0 Å². The van der Waals surface area contributed by atoms with Crippen molar-refractivity contribution in [3.8, 4) is 17.2 Å². The summed E-state index contributed by atoms with van der Waals surface area (Å²) in [5.41, 5.74) is 0.852. The fraction of sp³-hybridized carbons (Fsp3) is 0.562. The molecule has 2 rings (SSSR count). The number of benzene rings is 1. The van der Waals surface area contributed by atoms with E-state index in [1.807, 2.05) is 17.0 Å². The number of rotatable bonds is 5. The van der Waals surface area contributed by atoms with E-state index in [9.17, 15) is 4.79 Å². The quantitative estimate of drug-likeness (QED) is 0.882. The fourth-order valence-electron chi connectivity index (χ4n) is 2.68. The Balaban J connectivity index is 2.16. The molecule has 1 fully saturated rings. The molecule has 6 heteroatoms. The number of hydrogen-bond acceptors (Lipinski definition) is 5. The van der Waals surface area contributed by atoms with Gasteiger partial charge in [0.05, 0.1) is 27.8 Å². The van der Waals surface area contributed by atoms with Crippen LogP contribution >= 0.6 is 0 Å². The zero-order valence-corrected chi connectivity index (χ0v) is 13.6. The molecule has 1 aliphatic rings. The summed E-state index contributed by atoms with van der Waals surface area (Å²) in [6, 6.07) is 3.98. The molecule has 6 nitrogen and oxygen atoms in total. The van der Waals surface area contributed by atoms with Crippen LogP contribution in [0.25, 0.3) is 0 Å². The van der Waals surface area contributed by atoms with Crippen molar-refractivity contribution in [2.24, 2.45) is 0 Å². The zero-order valence-electron chi connectivity index (χ0n) is 13.6. The van der Waals surface area contributed by atoms with Gasteiger partial charge in [0.2, 0.25) is 11.7 Å². The van der Waals surface area contributed by atoms with E-state index in [-0.39, 0.29) is 5.91 Å². The summed E-state index contributed by atoms with van der Waals surface area (Å²) in [5.74, 6) is 1.79. The van der Waals surface area contributed by atoms with Gasteiger partial charge in [-0.05, 0) is 24.6 Å². The Bertz CT molecular complexity index is 508. The van der Waals surface area contributed by atoms with E-state index >= 15 is 0 Å². The number of methoxy groups -OCH3 is 3. The molecule has 0 spiro atoms. The largest absolute Gasteiger partial charge is 0.493 e. The summed E-state index contributed by atoms with van der Waals surface area (Å²) in [5, 5.41) is 3.33. The van der Waals surface area contributed by atoms with Crippen molar-refractivity contribution in [2.75, 3.05) is 41.0 Å². The first-order valence-electron chi connectivity index (χ1n) is 7.39. The lowest BCUT2D eigenvalue weighted by Crippen LogP contribution is -2.51. The number of piperazine rings is 1. The summed E-state index contributed by atoms with van der Waals surface area (Å²) in [6.07, 6.45) is 0.323. The second kappa shape index (κ2) is 7.35. The third-order valence-electron chi connectivity index (χ3n) is 3.80. The number of amides is 1. The highest BCUT2D eigenvalue weighted by Crippen LogP contribution is 2.38. The van der Waals surface area contributed by atoms with Gasteiger partial charge in [-0.2, -0.15) is 0 Å². The van der Waals surface area contributed by atoms with Crippen LogP contribution in [0.2, 0.25) is 0 Å². The maximum atomic E-state index is 12.5. The Labute approximate surface area is 131 Å². The molecule has 1 heterocycles.